The predicted octanol–water partition coefficient (Wildman–Crippen LogP) is 3.93. The van der Waals surface area contributed by atoms with Gasteiger partial charge in [-0.2, -0.15) is 4.90 Å². The van der Waals surface area contributed by atoms with E-state index in [1.54, 1.807) is 18.2 Å². The van der Waals surface area contributed by atoms with Crippen molar-refractivity contribution >= 4 is 41.1 Å². The highest BCUT2D eigenvalue weighted by Gasteiger charge is 2.38. The van der Waals surface area contributed by atoms with Gasteiger partial charge in [-0.15, -0.1) is 0 Å². The third-order valence-electron chi connectivity index (χ3n) is 4.08. The molecule has 1 aliphatic rings. The number of nitrogens with zero attached hydrogens (tertiary/aromatic N) is 4. The second-order valence-corrected chi connectivity index (χ2v) is 6.81. The van der Waals surface area contributed by atoms with Crippen molar-refractivity contribution in [3.63, 3.8) is 0 Å². The lowest BCUT2D eigenvalue weighted by atomic mass is 10.2. The van der Waals surface area contributed by atoms with E-state index in [1.807, 2.05) is 6.92 Å². The third kappa shape index (κ3) is 4.31. The zero-order valence-electron chi connectivity index (χ0n) is 14.7. The zero-order valence-corrected chi connectivity index (χ0v) is 16.2. The minimum absolute atomic E-state index is 0.0344. The van der Waals surface area contributed by atoms with Crippen LogP contribution in [-0.2, 0) is 11.4 Å². The van der Waals surface area contributed by atoms with Crippen LogP contribution >= 0.6 is 23.2 Å². The fourth-order valence-corrected chi connectivity index (χ4v) is 3.10. The Labute approximate surface area is 166 Å². The number of aromatic nitrogens is 2. The Morgan fingerprint density at radius 2 is 1.81 bits per heavy atom. The average molecular weight is 409 g/mol. The lowest BCUT2D eigenvalue weighted by Gasteiger charge is -2.15. The molecule has 0 aliphatic carbocycles. The Hall–Kier alpha value is -2.38. The second kappa shape index (κ2) is 8.54. The minimum atomic E-state index is -0.398. The Morgan fingerprint density at radius 3 is 2.44 bits per heavy atom. The van der Waals surface area contributed by atoms with E-state index in [0.717, 1.165) is 17.7 Å². The first kappa shape index (κ1) is 19.4. The van der Waals surface area contributed by atoms with Gasteiger partial charge < -0.3 is 9.64 Å². The van der Waals surface area contributed by atoms with Crippen molar-refractivity contribution in [2.45, 2.75) is 26.4 Å². The van der Waals surface area contributed by atoms with E-state index in [0.29, 0.717) is 27.9 Å². The molecule has 3 amide bonds. The number of unbranched alkanes of at least 4 members (excludes halogenated alkanes) is 1. The van der Waals surface area contributed by atoms with Crippen LogP contribution in [0.25, 0.3) is 0 Å². The molecule has 1 fully saturated rings. The Kier molecular flexibility index (Phi) is 6.13. The monoisotopic (exact) mass is 408 g/mol. The molecule has 27 heavy (non-hydrogen) atoms. The summed E-state index contributed by atoms with van der Waals surface area (Å²) < 4.78 is 5.61. The molecule has 142 valence electrons. The van der Waals surface area contributed by atoms with Gasteiger partial charge in [-0.1, -0.05) is 42.6 Å². The largest absolute Gasteiger partial charge is 0.486 e. The molecule has 1 aliphatic heterocycles. The highest BCUT2D eigenvalue weighted by Crippen LogP contribution is 2.26. The maximum atomic E-state index is 12.4. The molecule has 0 spiro atoms. The van der Waals surface area contributed by atoms with Crippen molar-refractivity contribution in [3.05, 3.63) is 46.2 Å². The summed E-state index contributed by atoms with van der Waals surface area (Å²) in [4.78, 5) is 35.2. The first-order chi connectivity index (χ1) is 13.0. The van der Waals surface area contributed by atoms with Crippen molar-refractivity contribution in [1.29, 1.82) is 0 Å². The number of rotatable bonds is 7. The summed E-state index contributed by atoms with van der Waals surface area (Å²) >= 11 is 12.2. The number of urea groups is 1. The maximum Gasteiger partial charge on any atom is 0.334 e. The van der Waals surface area contributed by atoms with Crippen LogP contribution in [-0.4, -0.2) is 39.9 Å². The van der Waals surface area contributed by atoms with Crippen LogP contribution < -0.4 is 9.64 Å². The Bertz CT molecular complexity index is 825. The molecular weight excluding hydrogens is 391 g/mol. The number of halogens is 2. The molecule has 0 radical (unpaired) electrons. The molecule has 1 saturated heterocycles. The molecule has 0 unspecified atom stereocenters. The van der Waals surface area contributed by atoms with Crippen LogP contribution in [0.5, 0.6) is 5.75 Å². The van der Waals surface area contributed by atoms with Gasteiger partial charge in [0.05, 0.1) is 12.4 Å². The predicted molar refractivity (Wildman–Crippen MR) is 102 cm³/mol. The van der Waals surface area contributed by atoms with Crippen LogP contribution in [0.2, 0.25) is 10.0 Å². The van der Waals surface area contributed by atoms with Gasteiger partial charge in [0.2, 0.25) is 5.95 Å². The number of hydrogen-bond acceptors (Lipinski definition) is 5. The number of hydrogen-bond donors (Lipinski definition) is 0. The van der Waals surface area contributed by atoms with Gasteiger partial charge in [-0.05, 0) is 18.6 Å². The molecule has 3 rings (SSSR count). The summed E-state index contributed by atoms with van der Waals surface area (Å²) in [6.07, 6.45) is 4.59. The molecule has 2 aromatic rings. The molecule has 2 heterocycles. The van der Waals surface area contributed by atoms with Gasteiger partial charge in [0.15, 0.2) is 5.75 Å². The van der Waals surface area contributed by atoms with Crippen molar-refractivity contribution in [3.8, 4) is 5.75 Å². The van der Waals surface area contributed by atoms with Gasteiger partial charge in [0.25, 0.3) is 5.91 Å². The highest BCUT2D eigenvalue weighted by molar-refractivity contribution is 6.35. The summed E-state index contributed by atoms with van der Waals surface area (Å²) in [7, 11) is 0. The minimum Gasteiger partial charge on any atom is -0.486 e. The van der Waals surface area contributed by atoms with E-state index in [2.05, 4.69) is 9.97 Å². The van der Waals surface area contributed by atoms with Gasteiger partial charge in [0.1, 0.15) is 13.2 Å². The van der Waals surface area contributed by atoms with E-state index in [4.69, 9.17) is 27.9 Å². The molecule has 9 heteroatoms. The molecule has 0 atom stereocenters. The number of anilines is 1. The molecule has 7 nitrogen and oxygen atoms in total. The van der Waals surface area contributed by atoms with E-state index >= 15 is 0 Å². The van der Waals surface area contributed by atoms with Gasteiger partial charge in [0, 0.05) is 22.2 Å². The third-order valence-corrected chi connectivity index (χ3v) is 4.79. The fraction of sp³-hybridized carbons (Fsp3) is 0.333. The van der Waals surface area contributed by atoms with Crippen LogP contribution in [0.4, 0.5) is 10.7 Å². The fourth-order valence-electron chi connectivity index (χ4n) is 2.60. The van der Waals surface area contributed by atoms with E-state index in [1.165, 1.54) is 17.3 Å². The van der Waals surface area contributed by atoms with Crippen LogP contribution in [0, 0.1) is 0 Å². The normalized spacial score (nSPS) is 14.2. The van der Waals surface area contributed by atoms with E-state index in [9.17, 15) is 9.59 Å². The summed E-state index contributed by atoms with van der Waals surface area (Å²) in [5, 5.41) is 1.00. The number of imide groups is 1. The molecule has 0 N–H and O–H groups in total. The lowest BCUT2D eigenvalue weighted by Crippen LogP contribution is -2.34. The van der Waals surface area contributed by atoms with Crippen LogP contribution in [0.1, 0.15) is 25.3 Å². The molecule has 0 bridgehead atoms. The lowest BCUT2D eigenvalue weighted by molar-refractivity contribution is -0.116. The highest BCUT2D eigenvalue weighted by atomic mass is 35.5. The van der Waals surface area contributed by atoms with Gasteiger partial charge >= 0.3 is 6.03 Å². The number of carbonyl (C=O) groups is 2. The first-order valence-corrected chi connectivity index (χ1v) is 9.26. The molecule has 1 aromatic heterocycles. The number of amides is 3. The van der Waals surface area contributed by atoms with Crippen LogP contribution in [0.15, 0.2) is 30.6 Å². The van der Waals surface area contributed by atoms with E-state index < -0.39 is 6.03 Å². The second-order valence-electron chi connectivity index (χ2n) is 5.99. The standard InChI is InChI=1S/C18H18Cl2N4O3/c1-2-3-7-23-10-16(25)24(18(23)26)17-21-8-12(9-22-17)27-11-13-14(19)5-4-6-15(13)20/h4-6,8-9H,2-3,7,10-11H2,1H3. The molecule has 0 saturated carbocycles. The smallest absolute Gasteiger partial charge is 0.334 e. The van der Waals surface area contributed by atoms with E-state index in [-0.39, 0.29) is 25.0 Å². The SMILES string of the molecule is CCCCN1CC(=O)N(c2ncc(OCc3c(Cl)cccc3Cl)cn2)C1=O. The van der Waals surface area contributed by atoms with Crippen molar-refractivity contribution < 1.29 is 14.3 Å². The summed E-state index contributed by atoms with van der Waals surface area (Å²) in [6, 6.07) is 4.80. The molecular formula is C18H18Cl2N4O3. The van der Waals surface area contributed by atoms with Gasteiger partial charge in [-0.25, -0.2) is 14.8 Å². The van der Waals surface area contributed by atoms with Crippen molar-refractivity contribution in [1.82, 2.24) is 14.9 Å². The maximum absolute atomic E-state index is 12.4. The number of ether oxygens (including phenoxy) is 1. The van der Waals surface area contributed by atoms with Crippen molar-refractivity contribution in [2.75, 3.05) is 18.0 Å². The van der Waals surface area contributed by atoms with Crippen molar-refractivity contribution in [2.24, 2.45) is 0 Å². The molecule has 1 aromatic carbocycles. The summed E-state index contributed by atoms with van der Waals surface area (Å²) in [5.74, 6) is 0.0661. The van der Waals surface area contributed by atoms with Crippen LogP contribution in [0.3, 0.4) is 0 Å². The quantitative estimate of drug-likeness (QED) is 0.648. The zero-order chi connectivity index (χ0) is 19.4. The number of carbonyl (C=O) groups excluding carboxylic acids is 2. The Morgan fingerprint density at radius 1 is 1.15 bits per heavy atom. The average Bonchev–Trinajstić information content (AvgIpc) is 2.93. The van der Waals surface area contributed by atoms with Gasteiger partial charge in [-0.3, -0.25) is 4.79 Å². The number of benzene rings is 1. The summed E-state index contributed by atoms with van der Waals surface area (Å²) in [5.41, 5.74) is 0.654. The topological polar surface area (TPSA) is 75.6 Å². The summed E-state index contributed by atoms with van der Waals surface area (Å²) in [6.45, 7) is 2.76. The first-order valence-electron chi connectivity index (χ1n) is 8.51. The Balaban J connectivity index is 1.67.